The zero-order valence-electron chi connectivity index (χ0n) is 33.5. The van der Waals surface area contributed by atoms with Gasteiger partial charge in [-0.25, -0.2) is 0 Å². The zero-order valence-corrected chi connectivity index (χ0v) is 33.5. The molecule has 9 aromatic carbocycles. The first kappa shape index (κ1) is 34.4. The number of hydrogen-bond acceptors (Lipinski definition) is 2. The van der Waals surface area contributed by atoms with Crippen molar-refractivity contribution < 1.29 is 0 Å². The Morgan fingerprint density at radius 3 is 1.40 bits per heavy atom. The Morgan fingerprint density at radius 1 is 0.274 bits per heavy atom. The van der Waals surface area contributed by atoms with E-state index in [4.69, 9.17) is 10.2 Å². The molecule has 62 heavy (non-hydrogen) atoms. The Kier molecular flexibility index (Phi) is 7.50. The number of benzene rings is 9. The van der Waals surface area contributed by atoms with E-state index in [2.05, 4.69) is 212 Å². The van der Waals surface area contributed by atoms with Crippen molar-refractivity contribution in [3.8, 4) is 45.5 Å². The summed E-state index contributed by atoms with van der Waals surface area (Å²) in [6.07, 6.45) is 0. The summed E-state index contributed by atoms with van der Waals surface area (Å²) in [5.74, 6) is 1.59. The Labute approximate surface area is 356 Å². The second kappa shape index (κ2) is 13.5. The minimum atomic E-state index is 0.793. The number of aromatic nitrogens is 6. The van der Waals surface area contributed by atoms with E-state index in [-0.39, 0.29) is 0 Å². The molecule has 0 amide bonds. The van der Waals surface area contributed by atoms with Crippen molar-refractivity contribution in [2.45, 2.75) is 0 Å². The van der Waals surface area contributed by atoms with E-state index < -0.39 is 0 Å². The molecular formula is C56H36N6. The predicted molar refractivity (Wildman–Crippen MR) is 255 cm³/mol. The molecule has 0 aliphatic heterocycles. The number of nitrogens with zero attached hydrogens (tertiary/aromatic N) is 6. The molecule has 0 radical (unpaired) electrons. The molecule has 4 aromatic heterocycles. The molecule has 290 valence electrons. The van der Waals surface area contributed by atoms with Gasteiger partial charge in [-0.1, -0.05) is 146 Å². The molecule has 13 rings (SSSR count). The minimum absolute atomic E-state index is 0.793. The fourth-order valence-corrected chi connectivity index (χ4v) is 9.94. The lowest BCUT2D eigenvalue weighted by molar-refractivity contribution is 1.07. The summed E-state index contributed by atoms with van der Waals surface area (Å²) in [6, 6.07) is 78.0. The summed E-state index contributed by atoms with van der Waals surface area (Å²) in [7, 11) is 0. The summed E-state index contributed by atoms with van der Waals surface area (Å²) in [6.45, 7) is 0. The normalized spacial score (nSPS) is 11.9. The third kappa shape index (κ3) is 4.98. The highest BCUT2D eigenvalue weighted by Gasteiger charge is 2.24. The van der Waals surface area contributed by atoms with Gasteiger partial charge in [-0.3, -0.25) is 4.57 Å². The van der Waals surface area contributed by atoms with Crippen LogP contribution in [0.3, 0.4) is 0 Å². The molecule has 0 aliphatic rings. The van der Waals surface area contributed by atoms with Gasteiger partial charge in [0, 0.05) is 66.2 Å². The molecule has 4 heterocycles. The van der Waals surface area contributed by atoms with Crippen LogP contribution in [0.25, 0.3) is 111 Å². The first-order valence-corrected chi connectivity index (χ1v) is 21.0. The lowest BCUT2D eigenvalue weighted by Crippen LogP contribution is -2.01. The highest BCUT2D eigenvalue weighted by Crippen LogP contribution is 2.43. The van der Waals surface area contributed by atoms with E-state index in [0.717, 1.165) is 78.4 Å². The summed E-state index contributed by atoms with van der Waals surface area (Å²) in [4.78, 5) is 0. The van der Waals surface area contributed by atoms with Crippen LogP contribution < -0.4 is 0 Å². The topological polar surface area (TPSA) is 45.5 Å². The Morgan fingerprint density at radius 2 is 0.742 bits per heavy atom. The molecule has 0 N–H and O–H groups in total. The van der Waals surface area contributed by atoms with Crippen molar-refractivity contribution in [3.05, 3.63) is 218 Å². The Balaban J connectivity index is 1.05. The first-order chi connectivity index (χ1) is 30.8. The number of para-hydroxylation sites is 5. The van der Waals surface area contributed by atoms with Crippen LogP contribution in [0.2, 0.25) is 0 Å². The van der Waals surface area contributed by atoms with Crippen LogP contribution in [-0.2, 0) is 0 Å². The van der Waals surface area contributed by atoms with Crippen molar-refractivity contribution in [2.24, 2.45) is 0 Å². The molecule has 0 unspecified atom stereocenters. The van der Waals surface area contributed by atoms with Crippen LogP contribution in [0.1, 0.15) is 0 Å². The van der Waals surface area contributed by atoms with Gasteiger partial charge in [0.05, 0.1) is 33.1 Å². The molecule has 6 nitrogen and oxygen atoms in total. The van der Waals surface area contributed by atoms with Gasteiger partial charge in [-0.05, 0) is 72.8 Å². The SMILES string of the molecule is c1ccc(-c2nnc(-c3cccc4c3c3ccccc3n4-c3cccc(-n4c5ccccc5c5c4ccc4c6ccccc6n(-c6ccccc6)c45)c3)n2-c2ccccc2)cc1. The third-order valence-corrected chi connectivity index (χ3v) is 12.5. The quantitative estimate of drug-likeness (QED) is 0.168. The lowest BCUT2D eigenvalue weighted by Gasteiger charge is -2.14. The van der Waals surface area contributed by atoms with Gasteiger partial charge in [0.15, 0.2) is 11.6 Å². The molecule has 0 saturated heterocycles. The van der Waals surface area contributed by atoms with Crippen LogP contribution in [0.5, 0.6) is 0 Å². The Bertz CT molecular complexity index is 3850. The van der Waals surface area contributed by atoms with Crippen LogP contribution >= 0.6 is 0 Å². The van der Waals surface area contributed by atoms with E-state index in [1.165, 1.54) is 32.6 Å². The molecule has 6 heteroatoms. The predicted octanol–water partition coefficient (Wildman–Crippen LogP) is 13.9. The van der Waals surface area contributed by atoms with E-state index in [0.29, 0.717) is 0 Å². The van der Waals surface area contributed by atoms with Crippen LogP contribution in [-0.4, -0.2) is 28.5 Å². The summed E-state index contributed by atoms with van der Waals surface area (Å²) < 4.78 is 9.47. The van der Waals surface area contributed by atoms with Gasteiger partial charge in [-0.2, -0.15) is 0 Å². The largest absolute Gasteiger partial charge is 0.309 e. The molecule has 13 aromatic rings. The minimum Gasteiger partial charge on any atom is -0.309 e. The zero-order chi connectivity index (χ0) is 40.7. The van der Waals surface area contributed by atoms with Crippen molar-refractivity contribution >= 4 is 65.4 Å². The summed E-state index contributed by atoms with van der Waals surface area (Å²) in [5, 5.41) is 17.0. The van der Waals surface area contributed by atoms with Crippen LogP contribution in [0.15, 0.2) is 218 Å². The maximum Gasteiger partial charge on any atom is 0.169 e. The van der Waals surface area contributed by atoms with E-state index in [1.54, 1.807) is 0 Å². The van der Waals surface area contributed by atoms with Crippen molar-refractivity contribution in [1.82, 2.24) is 28.5 Å². The molecule has 0 fully saturated rings. The van der Waals surface area contributed by atoms with E-state index in [9.17, 15) is 0 Å². The highest BCUT2D eigenvalue weighted by atomic mass is 15.3. The molecule has 0 atom stereocenters. The molecule has 0 saturated carbocycles. The average molecular weight is 793 g/mol. The maximum atomic E-state index is 4.94. The smallest absolute Gasteiger partial charge is 0.169 e. The number of fused-ring (bicyclic) bond motifs is 10. The van der Waals surface area contributed by atoms with Gasteiger partial charge in [0.25, 0.3) is 0 Å². The molecule has 0 aliphatic carbocycles. The van der Waals surface area contributed by atoms with Crippen LogP contribution in [0.4, 0.5) is 0 Å². The molecular weight excluding hydrogens is 757 g/mol. The van der Waals surface area contributed by atoms with Gasteiger partial charge in [-0.15, -0.1) is 10.2 Å². The fourth-order valence-electron chi connectivity index (χ4n) is 9.94. The summed E-state index contributed by atoms with van der Waals surface area (Å²) in [5.41, 5.74) is 13.3. The number of rotatable bonds is 6. The van der Waals surface area contributed by atoms with Crippen molar-refractivity contribution in [3.63, 3.8) is 0 Å². The van der Waals surface area contributed by atoms with Crippen LogP contribution in [0, 0.1) is 0 Å². The van der Waals surface area contributed by atoms with Crippen molar-refractivity contribution in [2.75, 3.05) is 0 Å². The second-order valence-corrected chi connectivity index (χ2v) is 15.9. The second-order valence-electron chi connectivity index (χ2n) is 15.9. The van der Waals surface area contributed by atoms with Gasteiger partial charge in [0.2, 0.25) is 0 Å². The first-order valence-electron chi connectivity index (χ1n) is 21.0. The lowest BCUT2D eigenvalue weighted by atomic mass is 10.1. The maximum absolute atomic E-state index is 4.94. The Hall–Kier alpha value is -8.48. The standard InChI is InChI=1S/C56H36N6/c1-4-18-37(19-5-1)55-57-58-56(62(55)39-22-8-3-9-23-39)46-29-17-33-50-52(46)44-27-11-14-31-48(44)59(50)40-24-16-25-41(36-40)60-49-32-15-12-28-45(49)53-51(60)35-34-43-42-26-10-13-30-47(42)61(54(43)53)38-20-6-2-7-21-38/h1-36H. The van der Waals surface area contributed by atoms with Gasteiger partial charge < -0.3 is 13.7 Å². The van der Waals surface area contributed by atoms with E-state index >= 15 is 0 Å². The average Bonchev–Trinajstić information content (AvgIpc) is 4.11. The van der Waals surface area contributed by atoms with Gasteiger partial charge in [0.1, 0.15) is 0 Å². The monoisotopic (exact) mass is 792 g/mol. The molecule has 0 bridgehead atoms. The summed E-state index contributed by atoms with van der Waals surface area (Å²) >= 11 is 0. The highest BCUT2D eigenvalue weighted by molar-refractivity contribution is 6.26. The third-order valence-electron chi connectivity index (χ3n) is 12.5. The van der Waals surface area contributed by atoms with E-state index in [1.807, 2.05) is 24.3 Å². The molecule has 0 spiro atoms. The number of hydrogen-bond donors (Lipinski definition) is 0. The fraction of sp³-hybridized carbons (Fsp3) is 0. The van der Waals surface area contributed by atoms with Crippen molar-refractivity contribution in [1.29, 1.82) is 0 Å². The van der Waals surface area contributed by atoms with Gasteiger partial charge >= 0.3 is 0 Å².